The van der Waals surface area contributed by atoms with Crippen LogP contribution in [0.2, 0.25) is 5.02 Å². The molecule has 0 aliphatic heterocycles. The lowest BCUT2D eigenvalue weighted by Gasteiger charge is -2.29. The molecule has 0 saturated carbocycles. The van der Waals surface area contributed by atoms with Crippen LogP contribution in [-0.2, 0) is 16.9 Å². The molecule has 2 aromatic rings. The van der Waals surface area contributed by atoms with Crippen molar-refractivity contribution in [3.8, 4) is 0 Å². The summed E-state index contributed by atoms with van der Waals surface area (Å²) >= 11 is 5.86. The zero-order chi connectivity index (χ0) is 15.5. The molecule has 1 atom stereocenters. The standard InChI is InChI=1S/C17H19ClN2O/c1-17(19,14-6-4-3-5-7-14)16(21)20(2)12-13-8-10-15(18)11-9-13/h3-11H,12,19H2,1-2H3. The lowest BCUT2D eigenvalue weighted by Crippen LogP contribution is -2.49. The maximum absolute atomic E-state index is 12.6. The second-order valence-electron chi connectivity index (χ2n) is 5.36. The van der Waals surface area contributed by atoms with Gasteiger partial charge in [-0.15, -0.1) is 0 Å². The highest BCUT2D eigenvalue weighted by molar-refractivity contribution is 6.30. The summed E-state index contributed by atoms with van der Waals surface area (Å²) in [5.74, 6) is -0.122. The Kier molecular flexibility index (Phi) is 4.66. The molecule has 2 N–H and O–H groups in total. The zero-order valence-corrected chi connectivity index (χ0v) is 13.0. The van der Waals surface area contributed by atoms with Crippen molar-refractivity contribution in [3.63, 3.8) is 0 Å². The van der Waals surface area contributed by atoms with E-state index in [1.165, 1.54) is 0 Å². The summed E-state index contributed by atoms with van der Waals surface area (Å²) in [5.41, 5.74) is 7.03. The van der Waals surface area contributed by atoms with E-state index >= 15 is 0 Å². The molecular weight excluding hydrogens is 284 g/mol. The molecule has 4 heteroatoms. The van der Waals surface area contributed by atoms with Crippen LogP contribution in [-0.4, -0.2) is 17.9 Å². The van der Waals surface area contributed by atoms with Gasteiger partial charge in [0.2, 0.25) is 5.91 Å². The van der Waals surface area contributed by atoms with Crippen molar-refractivity contribution in [1.29, 1.82) is 0 Å². The number of benzene rings is 2. The summed E-state index contributed by atoms with van der Waals surface area (Å²) in [5, 5.41) is 0.681. The molecule has 0 fully saturated rings. The van der Waals surface area contributed by atoms with Crippen molar-refractivity contribution in [1.82, 2.24) is 4.90 Å². The van der Waals surface area contributed by atoms with Crippen LogP contribution in [0.5, 0.6) is 0 Å². The number of nitrogens with zero attached hydrogens (tertiary/aromatic N) is 1. The maximum atomic E-state index is 12.6. The molecule has 0 saturated heterocycles. The number of rotatable bonds is 4. The molecule has 3 nitrogen and oxygen atoms in total. The van der Waals surface area contributed by atoms with Gasteiger partial charge in [-0.3, -0.25) is 4.79 Å². The van der Waals surface area contributed by atoms with E-state index in [0.29, 0.717) is 11.6 Å². The largest absolute Gasteiger partial charge is 0.340 e. The molecular formula is C17H19ClN2O. The Hall–Kier alpha value is -1.84. The first-order chi connectivity index (χ1) is 9.91. The first-order valence-electron chi connectivity index (χ1n) is 6.75. The number of likely N-dealkylation sites (N-methyl/N-ethyl adjacent to an activating group) is 1. The number of halogens is 1. The van der Waals surface area contributed by atoms with E-state index in [1.54, 1.807) is 18.9 Å². The summed E-state index contributed by atoms with van der Waals surface area (Å²) in [7, 11) is 1.75. The molecule has 110 valence electrons. The Balaban J connectivity index is 2.13. The third kappa shape index (κ3) is 3.63. The van der Waals surface area contributed by atoms with Crippen LogP contribution in [0.15, 0.2) is 54.6 Å². The number of carbonyl (C=O) groups excluding carboxylic acids is 1. The molecule has 0 spiro atoms. The summed E-state index contributed by atoms with van der Waals surface area (Å²) in [4.78, 5) is 14.2. The molecule has 0 aliphatic carbocycles. The number of carbonyl (C=O) groups is 1. The quantitative estimate of drug-likeness (QED) is 0.943. The van der Waals surface area contributed by atoms with Crippen LogP contribution in [0, 0.1) is 0 Å². The number of amides is 1. The minimum atomic E-state index is -1.04. The topological polar surface area (TPSA) is 46.3 Å². The second-order valence-corrected chi connectivity index (χ2v) is 5.79. The zero-order valence-electron chi connectivity index (χ0n) is 12.2. The normalized spacial score (nSPS) is 13.5. The molecule has 0 aromatic heterocycles. The summed E-state index contributed by atoms with van der Waals surface area (Å²) in [6.07, 6.45) is 0. The van der Waals surface area contributed by atoms with Crippen molar-refractivity contribution in [3.05, 3.63) is 70.7 Å². The molecule has 1 amide bonds. The van der Waals surface area contributed by atoms with Gasteiger partial charge in [0.15, 0.2) is 0 Å². The number of hydrogen-bond acceptors (Lipinski definition) is 2. The molecule has 1 unspecified atom stereocenters. The molecule has 2 aromatic carbocycles. The van der Waals surface area contributed by atoms with Gasteiger partial charge in [0.05, 0.1) is 0 Å². The van der Waals surface area contributed by atoms with Crippen LogP contribution in [0.4, 0.5) is 0 Å². The smallest absolute Gasteiger partial charge is 0.247 e. The van der Waals surface area contributed by atoms with E-state index in [4.69, 9.17) is 17.3 Å². The van der Waals surface area contributed by atoms with Crippen LogP contribution >= 0.6 is 11.6 Å². The van der Waals surface area contributed by atoms with Gasteiger partial charge in [0.25, 0.3) is 0 Å². The van der Waals surface area contributed by atoms with E-state index in [9.17, 15) is 4.79 Å². The highest BCUT2D eigenvalue weighted by Crippen LogP contribution is 2.21. The predicted molar refractivity (Wildman–Crippen MR) is 85.9 cm³/mol. The molecule has 2 rings (SSSR count). The average molecular weight is 303 g/mol. The Labute approximate surface area is 130 Å². The van der Waals surface area contributed by atoms with Gasteiger partial charge in [-0.1, -0.05) is 54.1 Å². The maximum Gasteiger partial charge on any atom is 0.247 e. The Morgan fingerprint density at radius 3 is 2.29 bits per heavy atom. The van der Waals surface area contributed by atoms with E-state index in [2.05, 4.69) is 0 Å². The molecule has 0 aliphatic rings. The summed E-state index contributed by atoms with van der Waals surface area (Å²) < 4.78 is 0. The molecule has 0 heterocycles. The van der Waals surface area contributed by atoms with Gasteiger partial charge >= 0.3 is 0 Å². The van der Waals surface area contributed by atoms with Crippen molar-refractivity contribution in [2.75, 3.05) is 7.05 Å². The van der Waals surface area contributed by atoms with E-state index in [-0.39, 0.29) is 5.91 Å². The van der Waals surface area contributed by atoms with Crippen LogP contribution < -0.4 is 5.73 Å². The molecule has 0 radical (unpaired) electrons. The number of hydrogen-bond donors (Lipinski definition) is 1. The Morgan fingerprint density at radius 1 is 1.14 bits per heavy atom. The van der Waals surface area contributed by atoms with Crippen LogP contribution in [0.3, 0.4) is 0 Å². The lowest BCUT2D eigenvalue weighted by atomic mass is 9.91. The Morgan fingerprint density at radius 2 is 1.71 bits per heavy atom. The highest BCUT2D eigenvalue weighted by Gasteiger charge is 2.32. The predicted octanol–water partition coefficient (Wildman–Crippen LogP) is 3.17. The molecule has 21 heavy (non-hydrogen) atoms. The van der Waals surface area contributed by atoms with Crippen molar-refractivity contribution < 1.29 is 4.79 Å². The average Bonchev–Trinajstić information content (AvgIpc) is 2.49. The van der Waals surface area contributed by atoms with E-state index in [1.807, 2.05) is 54.6 Å². The monoisotopic (exact) mass is 302 g/mol. The fourth-order valence-electron chi connectivity index (χ4n) is 2.24. The Bertz CT molecular complexity index is 608. The van der Waals surface area contributed by atoms with E-state index < -0.39 is 5.54 Å². The lowest BCUT2D eigenvalue weighted by molar-refractivity contribution is -0.136. The van der Waals surface area contributed by atoms with Gasteiger partial charge in [0.1, 0.15) is 5.54 Å². The van der Waals surface area contributed by atoms with Gasteiger partial charge in [0, 0.05) is 18.6 Å². The van der Waals surface area contributed by atoms with Crippen LogP contribution in [0.1, 0.15) is 18.1 Å². The van der Waals surface area contributed by atoms with Crippen molar-refractivity contribution >= 4 is 17.5 Å². The minimum absolute atomic E-state index is 0.122. The van der Waals surface area contributed by atoms with Gasteiger partial charge in [-0.2, -0.15) is 0 Å². The first kappa shape index (κ1) is 15.5. The third-order valence-electron chi connectivity index (χ3n) is 3.50. The van der Waals surface area contributed by atoms with E-state index in [0.717, 1.165) is 11.1 Å². The van der Waals surface area contributed by atoms with Crippen LogP contribution in [0.25, 0.3) is 0 Å². The van der Waals surface area contributed by atoms with Crippen molar-refractivity contribution in [2.45, 2.75) is 19.0 Å². The SMILES string of the molecule is CN(Cc1ccc(Cl)cc1)C(=O)C(C)(N)c1ccccc1. The summed E-state index contributed by atoms with van der Waals surface area (Å²) in [6.45, 7) is 2.23. The number of nitrogens with two attached hydrogens (primary N) is 1. The highest BCUT2D eigenvalue weighted by atomic mass is 35.5. The van der Waals surface area contributed by atoms with Crippen molar-refractivity contribution in [2.24, 2.45) is 5.73 Å². The summed E-state index contributed by atoms with van der Waals surface area (Å²) in [6, 6.07) is 16.8. The minimum Gasteiger partial charge on any atom is -0.340 e. The fourth-order valence-corrected chi connectivity index (χ4v) is 2.37. The third-order valence-corrected chi connectivity index (χ3v) is 3.75. The van der Waals surface area contributed by atoms with Gasteiger partial charge in [-0.25, -0.2) is 0 Å². The molecule has 0 bridgehead atoms. The second kappa shape index (κ2) is 6.29. The van der Waals surface area contributed by atoms with Gasteiger partial charge < -0.3 is 10.6 Å². The first-order valence-corrected chi connectivity index (χ1v) is 7.13. The fraction of sp³-hybridized carbons (Fsp3) is 0.235. The van der Waals surface area contributed by atoms with Gasteiger partial charge in [-0.05, 0) is 30.2 Å².